The maximum atomic E-state index is 10.9. The lowest BCUT2D eigenvalue weighted by molar-refractivity contribution is -0.407. The molecule has 0 fully saturated rings. The molecule has 1 N–H and O–H groups in total. The Hall–Kier alpha value is -2.13. The second-order valence-corrected chi connectivity index (χ2v) is 8.45. The van der Waals surface area contributed by atoms with Crippen molar-refractivity contribution in [3.8, 4) is 0 Å². The largest absolute Gasteiger partial charge is 0.308 e. The first kappa shape index (κ1) is 29.9. The van der Waals surface area contributed by atoms with Crippen molar-refractivity contribution in [3.05, 3.63) is 42.5 Å². The number of benzene rings is 1. The lowest BCUT2D eigenvalue weighted by Crippen LogP contribution is -2.28. The molecule has 0 aromatic heterocycles. The maximum Gasteiger partial charge on any atom is 0.308 e. The fraction of sp³-hybridized carbons (Fsp3) is 0.625. The van der Waals surface area contributed by atoms with Gasteiger partial charge >= 0.3 is 21.5 Å². The third kappa shape index (κ3) is 10.5. The molecule has 0 amide bonds. The van der Waals surface area contributed by atoms with Gasteiger partial charge in [0, 0.05) is 18.3 Å². The molecule has 182 valence electrons. The summed E-state index contributed by atoms with van der Waals surface area (Å²) in [6.07, 6.45) is 4.85. The molecule has 0 saturated heterocycles. The minimum absolute atomic E-state index is 0.204. The Morgan fingerprint density at radius 2 is 1.38 bits per heavy atom. The number of nitrogens with zero attached hydrogens (tertiary/aromatic N) is 4. The van der Waals surface area contributed by atoms with Gasteiger partial charge in [-0.15, -0.1) is 23.2 Å². The van der Waals surface area contributed by atoms with E-state index < -0.39 is 46.8 Å². The Kier molecular flexibility index (Phi) is 13.9. The topological polar surface area (TPSA) is 187 Å². The highest BCUT2D eigenvalue weighted by Crippen LogP contribution is 2.36. The molecule has 0 radical (unpaired) electrons. The number of nitro benzene ring substituents is 3. The standard InChI is InChI=1S/C10H21Cl2N.C6H3N3O9S/c1-2-3-8-13(10-7-12)9-5-4-6-11;10-7(11)3-1-4(8(12)13)6(19(16,17)18)5(2-3)9(14)15/h2-10H2,1H3;1-2H,(H,16,17,18). The molecule has 0 atom stereocenters. The normalized spacial score (nSPS) is 11.0. The predicted molar refractivity (Wildman–Crippen MR) is 118 cm³/mol. The van der Waals surface area contributed by atoms with Gasteiger partial charge in [0.2, 0.25) is 4.90 Å². The molecule has 0 unspecified atom stereocenters. The number of non-ortho nitro benzene ring substituents is 1. The third-order valence-corrected chi connectivity index (χ3v) is 5.35. The van der Waals surface area contributed by atoms with E-state index in [1.807, 2.05) is 0 Å². The molecule has 0 aliphatic heterocycles. The first-order chi connectivity index (χ1) is 14.9. The fourth-order valence-corrected chi connectivity index (χ4v) is 3.72. The molecule has 1 aromatic carbocycles. The Morgan fingerprint density at radius 1 is 0.875 bits per heavy atom. The lowest BCUT2D eigenvalue weighted by atomic mass is 10.2. The molecule has 0 aliphatic rings. The van der Waals surface area contributed by atoms with Crippen molar-refractivity contribution in [2.24, 2.45) is 0 Å². The molecule has 0 bridgehead atoms. The van der Waals surface area contributed by atoms with E-state index in [1.54, 1.807) is 0 Å². The van der Waals surface area contributed by atoms with E-state index in [0.29, 0.717) is 0 Å². The van der Waals surface area contributed by atoms with Gasteiger partial charge in [-0.3, -0.25) is 34.9 Å². The summed E-state index contributed by atoms with van der Waals surface area (Å²) in [7, 11) is -5.30. The first-order valence-electron chi connectivity index (χ1n) is 9.33. The van der Waals surface area contributed by atoms with E-state index in [4.69, 9.17) is 27.8 Å². The SMILES string of the molecule is CCCCN(CCCl)CCCCCl.O=[N+]([O-])c1cc([N+](=O)[O-])c(S(=O)(=O)O)c([N+](=O)[O-])c1. The second-order valence-electron chi connectivity index (χ2n) is 6.34. The highest BCUT2D eigenvalue weighted by Gasteiger charge is 2.37. The van der Waals surface area contributed by atoms with Crippen molar-refractivity contribution in [2.75, 3.05) is 31.4 Å². The Balaban J connectivity index is 0.000000649. The van der Waals surface area contributed by atoms with E-state index in [-0.39, 0.29) is 12.1 Å². The van der Waals surface area contributed by atoms with Crippen molar-refractivity contribution in [1.29, 1.82) is 0 Å². The number of hydrogen-bond acceptors (Lipinski definition) is 9. The van der Waals surface area contributed by atoms with Crippen molar-refractivity contribution in [3.63, 3.8) is 0 Å². The van der Waals surface area contributed by atoms with Crippen molar-refractivity contribution < 1.29 is 27.7 Å². The van der Waals surface area contributed by atoms with Gasteiger partial charge in [-0.1, -0.05) is 13.3 Å². The van der Waals surface area contributed by atoms with Crippen LogP contribution >= 0.6 is 23.2 Å². The number of hydrogen-bond donors (Lipinski definition) is 1. The number of nitro groups is 3. The highest BCUT2D eigenvalue weighted by molar-refractivity contribution is 7.86. The van der Waals surface area contributed by atoms with Gasteiger partial charge in [0.1, 0.15) is 0 Å². The predicted octanol–water partition coefficient (Wildman–Crippen LogP) is 4.00. The third-order valence-electron chi connectivity index (χ3n) is 3.98. The summed E-state index contributed by atoms with van der Waals surface area (Å²) in [5, 5.41) is 31.7. The van der Waals surface area contributed by atoms with E-state index in [1.165, 1.54) is 25.8 Å². The molecule has 0 aliphatic carbocycles. The smallest absolute Gasteiger partial charge is 0.302 e. The van der Waals surface area contributed by atoms with Gasteiger partial charge in [0.15, 0.2) is 0 Å². The summed E-state index contributed by atoms with van der Waals surface area (Å²) in [6.45, 7) is 5.58. The second kappa shape index (κ2) is 14.8. The van der Waals surface area contributed by atoms with E-state index in [9.17, 15) is 38.8 Å². The average Bonchev–Trinajstić information content (AvgIpc) is 2.70. The van der Waals surface area contributed by atoms with E-state index >= 15 is 0 Å². The summed E-state index contributed by atoms with van der Waals surface area (Å²) in [6, 6.07) is 0.409. The monoisotopic (exact) mass is 518 g/mol. The molecule has 16 heteroatoms. The van der Waals surface area contributed by atoms with Crippen LogP contribution < -0.4 is 0 Å². The number of halogens is 2. The van der Waals surface area contributed by atoms with Crippen LogP contribution in [0.15, 0.2) is 17.0 Å². The van der Waals surface area contributed by atoms with Crippen LogP contribution in [0.1, 0.15) is 32.6 Å². The summed E-state index contributed by atoms with van der Waals surface area (Å²) in [4.78, 5) is 28.6. The first-order valence-corrected chi connectivity index (χ1v) is 11.8. The van der Waals surface area contributed by atoms with Crippen LogP contribution in [0.2, 0.25) is 0 Å². The molecule has 1 aromatic rings. The van der Waals surface area contributed by atoms with Gasteiger partial charge in [0.05, 0.1) is 26.9 Å². The Morgan fingerprint density at radius 3 is 1.72 bits per heavy atom. The van der Waals surface area contributed by atoms with Gasteiger partial charge in [-0.05, 0) is 32.4 Å². The minimum Gasteiger partial charge on any atom is -0.302 e. The van der Waals surface area contributed by atoms with Crippen LogP contribution in [0.3, 0.4) is 0 Å². The quantitative estimate of drug-likeness (QED) is 0.131. The fourth-order valence-electron chi connectivity index (χ4n) is 2.49. The zero-order valence-electron chi connectivity index (χ0n) is 17.2. The lowest BCUT2D eigenvalue weighted by Gasteiger charge is -2.20. The molecule has 32 heavy (non-hydrogen) atoms. The molecule has 0 saturated carbocycles. The zero-order chi connectivity index (χ0) is 24.9. The van der Waals surface area contributed by atoms with Crippen LogP contribution in [-0.4, -0.2) is 64.0 Å². The van der Waals surface area contributed by atoms with Crippen LogP contribution in [0.5, 0.6) is 0 Å². The molecular formula is C16H24Cl2N4O9S. The van der Waals surface area contributed by atoms with Crippen molar-refractivity contribution in [1.82, 2.24) is 4.90 Å². The van der Waals surface area contributed by atoms with Crippen molar-refractivity contribution >= 4 is 50.4 Å². The summed E-state index contributed by atoms with van der Waals surface area (Å²) >= 11 is 11.3. The van der Waals surface area contributed by atoms with Gasteiger partial charge in [-0.2, -0.15) is 8.42 Å². The molecule has 0 heterocycles. The van der Waals surface area contributed by atoms with Gasteiger partial charge < -0.3 is 4.90 Å². The zero-order valence-corrected chi connectivity index (χ0v) is 19.5. The summed E-state index contributed by atoms with van der Waals surface area (Å²) < 4.78 is 30.7. The van der Waals surface area contributed by atoms with E-state index in [0.717, 1.165) is 31.3 Å². The Bertz CT molecular complexity index is 864. The minimum atomic E-state index is -5.30. The van der Waals surface area contributed by atoms with Crippen LogP contribution in [0.25, 0.3) is 0 Å². The van der Waals surface area contributed by atoms with Crippen molar-refractivity contribution in [2.45, 2.75) is 37.5 Å². The summed E-state index contributed by atoms with van der Waals surface area (Å²) in [5.41, 5.74) is -3.96. The van der Waals surface area contributed by atoms with Crippen LogP contribution in [0.4, 0.5) is 17.1 Å². The average molecular weight is 519 g/mol. The number of alkyl halides is 2. The Labute approximate surface area is 194 Å². The summed E-state index contributed by atoms with van der Waals surface area (Å²) in [5.74, 6) is 1.52. The van der Waals surface area contributed by atoms with Crippen LogP contribution in [0, 0.1) is 30.3 Å². The molecular weight excluding hydrogens is 495 g/mol. The number of rotatable bonds is 13. The molecule has 1 rings (SSSR count). The maximum absolute atomic E-state index is 10.9. The number of unbranched alkanes of at least 4 members (excludes halogenated alkanes) is 2. The van der Waals surface area contributed by atoms with Crippen LogP contribution in [-0.2, 0) is 10.1 Å². The molecule has 13 nitrogen and oxygen atoms in total. The van der Waals surface area contributed by atoms with Gasteiger partial charge in [0.25, 0.3) is 5.69 Å². The van der Waals surface area contributed by atoms with Gasteiger partial charge in [-0.25, -0.2) is 0 Å². The highest BCUT2D eigenvalue weighted by atomic mass is 35.5. The van der Waals surface area contributed by atoms with E-state index in [2.05, 4.69) is 11.8 Å². The molecule has 0 spiro atoms.